The number of ether oxygens (including phenoxy) is 1. The molecule has 1 aliphatic rings. The zero-order valence-electron chi connectivity index (χ0n) is 10.9. The van der Waals surface area contributed by atoms with Crippen molar-refractivity contribution in [1.82, 2.24) is 19.5 Å². The highest BCUT2D eigenvalue weighted by atomic mass is 16.5. The molecule has 2 aromatic rings. The van der Waals surface area contributed by atoms with E-state index in [0.717, 1.165) is 12.8 Å². The van der Waals surface area contributed by atoms with Gasteiger partial charge in [0.05, 0.1) is 25.6 Å². The van der Waals surface area contributed by atoms with Crippen LogP contribution in [0, 0.1) is 0 Å². The van der Waals surface area contributed by atoms with Crippen molar-refractivity contribution in [3.8, 4) is 0 Å². The minimum atomic E-state index is -0.155. The summed E-state index contributed by atoms with van der Waals surface area (Å²) in [6, 6.07) is 0. The van der Waals surface area contributed by atoms with Gasteiger partial charge in [-0.1, -0.05) is 0 Å². The Kier molecular flexibility index (Phi) is 3.77. The van der Waals surface area contributed by atoms with Crippen LogP contribution in [0.5, 0.6) is 0 Å². The number of aromatic nitrogens is 4. The van der Waals surface area contributed by atoms with Gasteiger partial charge in [0, 0.05) is 6.54 Å². The second kappa shape index (κ2) is 5.70. The van der Waals surface area contributed by atoms with Gasteiger partial charge in [-0.25, -0.2) is 15.0 Å². The lowest BCUT2D eigenvalue weighted by molar-refractivity contribution is -0.0207. The summed E-state index contributed by atoms with van der Waals surface area (Å²) in [5, 5.41) is 21.0. The van der Waals surface area contributed by atoms with Crippen molar-refractivity contribution in [1.29, 1.82) is 0 Å². The summed E-state index contributed by atoms with van der Waals surface area (Å²) in [5.74, 6) is 0.597. The van der Waals surface area contributed by atoms with Crippen molar-refractivity contribution in [3.63, 3.8) is 0 Å². The molecule has 2 unspecified atom stereocenters. The van der Waals surface area contributed by atoms with Crippen LogP contribution in [-0.2, 0) is 4.74 Å². The SMILES string of the molecule is OCCNc1ncnc2c1ncn2C1CCC(CO)O1. The molecule has 0 bridgehead atoms. The van der Waals surface area contributed by atoms with E-state index < -0.39 is 0 Å². The predicted octanol–water partition coefficient (Wildman–Crippen LogP) is -0.0996. The van der Waals surface area contributed by atoms with E-state index in [1.807, 2.05) is 4.57 Å². The quantitative estimate of drug-likeness (QED) is 0.702. The summed E-state index contributed by atoms with van der Waals surface area (Å²) in [6.07, 6.45) is 4.50. The highest BCUT2D eigenvalue weighted by molar-refractivity contribution is 5.82. The number of anilines is 1. The molecular formula is C12H17N5O3. The Labute approximate surface area is 115 Å². The maximum absolute atomic E-state index is 9.13. The third-order valence-electron chi connectivity index (χ3n) is 3.36. The second-order valence-corrected chi connectivity index (χ2v) is 4.67. The fraction of sp³-hybridized carbons (Fsp3) is 0.583. The van der Waals surface area contributed by atoms with Crippen molar-refractivity contribution in [2.75, 3.05) is 25.1 Å². The second-order valence-electron chi connectivity index (χ2n) is 4.67. The first-order valence-corrected chi connectivity index (χ1v) is 6.62. The van der Waals surface area contributed by atoms with Crippen LogP contribution in [0.25, 0.3) is 11.2 Å². The van der Waals surface area contributed by atoms with E-state index in [9.17, 15) is 0 Å². The van der Waals surface area contributed by atoms with Gasteiger partial charge in [-0.15, -0.1) is 0 Å². The first-order valence-electron chi connectivity index (χ1n) is 6.62. The first-order chi connectivity index (χ1) is 9.83. The lowest BCUT2D eigenvalue weighted by atomic mass is 10.2. The van der Waals surface area contributed by atoms with E-state index in [1.165, 1.54) is 6.33 Å². The molecule has 0 saturated carbocycles. The number of rotatable bonds is 5. The molecule has 3 heterocycles. The van der Waals surface area contributed by atoms with E-state index in [-0.39, 0.29) is 25.5 Å². The Morgan fingerprint density at radius 2 is 2.20 bits per heavy atom. The Hall–Kier alpha value is -1.77. The summed E-state index contributed by atoms with van der Waals surface area (Å²) in [5.41, 5.74) is 1.33. The first kappa shape index (κ1) is 13.2. The predicted molar refractivity (Wildman–Crippen MR) is 71.1 cm³/mol. The Morgan fingerprint density at radius 1 is 1.30 bits per heavy atom. The zero-order valence-corrected chi connectivity index (χ0v) is 10.9. The Morgan fingerprint density at radius 3 is 2.95 bits per heavy atom. The van der Waals surface area contributed by atoms with Gasteiger partial charge in [0.25, 0.3) is 0 Å². The van der Waals surface area contributed by atoms with Crippen LogP contribution in [0.3, 0.4) is 0 Å². The summed E-state index contributed by atoms with van der Waals surface area (Å²) in [7, 11) is 0. The molecule has 0 aliphatic carbocycles. The maximum Gasteiger partial charge on any atom is 0.167 e. The van der Waals surface area contributed by atoms with Crippen molar-refractivity contribution in [2.45, 2.75) is 25.2 Å². The van der Waals surface area contributed by atoms with E-state index in [4.69, 9.17) is 14.9 Å². The highest BCUT2D eigenvalue weighted by Crippen LogP contribution is 2.30. The summed E-state index contributed by atoms with van der Waals surface area (Å²) < 4.78 is 7.59. The largest absolute Gasteiger partial charge is 0.395 e. The minimum Gasteiger partial charge on any atom is -0.395 e. The lowest BCUT2D eigenvalue weighted by Crippen LogP contribution is -2.14. The lowest BCUT2D eigenvalue weighted by Gasteiger charge is -2.13. The third-order valence-corrected chi connectivity index (χ3v) is 3.36. The zero-order chi connectivity index (χ0) is 13.9. The van der Waals surface area contributed by atoms with Crippen molar-refractivity contribution < 1.29 is 14.9 Å². The molecule has 1 fully saturated rings. The molecule has 1 aliphatic heterocycles. The minimum absolute atomic E-state index is 0.0239. The normalized spacial score (nSPS) is 22.5. The molecule has 1 saturated heterocycles. The van der Waals surface area contributed by atoms with Crippen LogP contribution in [0.15, 0.2) is 12.7 Å². The summed E-state index contributed by atoms with van der Waals surface area (Å²) in [4.78, 5) is 12.7. The number of aliphatic hydroxyl groups is 2. The molecule has 2 aromatic heterocycles. The molecule has 20 heavy (non-hydrogen) atoms. The number of hydrogen-bond donors (Lipinski definition) is 3. The third kappa shape index (κ3) is 2.33. The van der Waals surface area contributed by atoms with Gasteiger partial charge in [-0.3, -0.25) is 4.57 Å². The van der Waals surface area contributed by atoms with E-state index in [0.29, 0.717) is 23.5 Å². The molecule has 2 atom stereocenters. The molecule has 0 aromatic carbocycles. The van der Waals surface area contributed by atoms with Crippen molar-refractivity contribution >= 4 is 17.0 Å². The average Bonchev–Trinajstić information content (AvgIpc) is 3.10. The van der Waals surface area contributed by atoms with E-state index >= 15 is 0 Å². The molecule has 8 heteroatoms. The van der Waals surface area contributed by atoms with Crippen LogP contribution < -0.4 is 5.32 Å². The standard InChI is InChI=1S/C12H17N5O3/c18-4-3-13-11-10-12(15-6-14-11)17(7-16-10)9-2-1-8(5-19)20-9/h6-9,18-19H,1-5H2,(H,13,14,15). The fourth-order valence-electron chi connectivity index (χ4n) is 2.39. The van der Waals surface area contributed by atoms with Gasteiger partial charge in [-0.2, -0.15) is 0 Å². The molecule has 8 nitrogen and oxygen atoms in total. The smallest absolute Gasteiger partial charge is 0.167 e. The van der Waals surface area contributed by atoms with E-state index in [1.54, 1.807) is 6.33 Å². The molecule has 3 N–H and O–H groups in total. The number of hydrogen-bond acceptors (Lipinski definition) is 7. The fourth-order valence-corrected chi connectivity index (χ4v) is 2.39. The number of imidazole rings is 1. The number of nitrogens with one attached hydrogen (secondary N) is 1. The van der Waals surface area contributed by atoms with Crippen molar-refractivity contribution in [3.05, 3.63) is 12.7 Å². The van der Waals surface area contributed by atoms with Gasteiger partial charge in [0.15, 0.2) is 17.0 Å². The summed E-state index contributed by atoms with van der Waals surface area (Å²) >= 11 is 0. The monoisotopic (exact) mass is 279 g/mol. The van der Waals surface area contributed by atoms with Crippen LogP contribution in [0.1, 0.15) is 19.1 Å². The van der Waals surface area contributed by atoms with E-state index in [2.05, 4.69) is 20.3 Å². The van der Waals surface area contributed by atoms with Gasteiger partial charge >= 0.3 is 0 Å². The Balaban J connectivity index is 1.90. The Bertz CT molecular complexity index is 587. The van der Waals surface area contributed by atoms with Crippen LogP contribution in [0.4, 0.5) is 5.82 Å². The molecular weight excluding hydrogens is 262 g/mol. The molecule has 0 amide bonds. The molecule has 0 radical (unpaired) electrons. The number of aliphatic hydroxyl groups excluding tert-OH is 2. The number of nitrogens with zero attached hydrogens (tertiary/aromatic N) is 4. The van der Waals surface area contributed by atoms with Crippen LogP contribution in [0.2, 0.25) is 0 Å². The van der Waals surface area contributed by atoms with Crippen molar-refractivity contribution in [2.24, 2.45) is 0 Å². The van der Waals surface area contributed by atoms with Gasteiger partial charge in [0.2, 0.25) is 0 Å². The average molecular weight is 279 g/mol. The van der Waals surface area contributed by atoms with Gasteiger partial charge < -0.3 is 20.3 Å². The molecule has 3 rings (SSSR count). The van der Waals surface area contributed by atoms with Crippen LogP contribution in [-0.4, -0.2) is 55.6 Å². The number of fused-ring (bicyclic) bond motifs is 1. The molecule has 108 valence electrons. The van der Waals surface area contributed by atoms with Gasteiger partial charge in [0.1, 0.15) is 12.6 Å². The van der Waals surface area contributed by atoms with Gasteiger partial charge in [-0.05, 0) is 12.8 Å². The topological polar surface area (TPSA) is 105 Å². The summed E-state index contributed by atoms with van der Waals surface area (Å²) in [6.45, 7) is 0.461. The molecule has 0 spiro atoms. The van der Waals surface area contributed by atoms with Crippen LogP contribution >= 0.6 is 0 Å². The highest BCUT2D eigenvalue weighted by Gasteiger charge is 2.27. The maximum atomic E-state index is 9.13.